The van der Waals surface area contributed by atoms with Gasteiger partial charge in [-0.2, -0.15) is 0 Å². The van der Waals surface area contributed by atoms with Crippen molar-refractivity contribution in [2.24, 2.45) is 34.5 Å². The van der Waals surface area contributed by atoms with Crippen molar-refractivity contribution in [1.29, 1.82) is 0 Å². The Kier molecular flexibility index (Phi) is 3.67. The van der Waals surface area contributed by atoms with Crippen molar-refractivity contribution in [1.82, 2.24) is 0 Å². The molecule has 0 spiro atoms. The topological polar surface area (TPSA) is 43.4 Å². The number of ketones is 2. The van der Waals surface area contributed by atoms with E-state index in [9.17, 15) is 14.0 Å². The molecule has 0 bridgehead atoms. The highest BCUT2D eigenvalue weighted by molar-refractivity contribution is 6.05. The van der Waals surface area contributed by atoms with E-state index in [1.54, 1.807) is 6.08 Å². The SMILES string of the molecule is C=C1C2=C(OC)C(=O)C=C[C@]2(C)[C@H]2CC[C@]3(C)C(=O)[C@H](F)C[C@H]3[C@@H]2[C@@H]1C. The smallest absolute Gasteiger partial charge is 0.220 e. The molecule has 3 nitrogen and oxygen atoms in total. The van der Waals surface area contributed by atoms with E-state index in [-0.39, 0.29) is 40.7 Å². The third kappa shape index (κ3) is 1.93. The molecule has 0 N–H and O–H groups in total. The molecule has 4 heteroatoms. The predicted octanol–water partition coefficient (Wildman–Crippen LogP) is 4.20. The maximum absolute atomic E-state index is 14.4. The molecule has 3 fully saturated rings. The lowest BCUT2D eigenvalue weighted by Crippen LogP contribution is -2.53. The van der Waals surface area contributed by atoms with Gasteiger partial charge in [-0.1, -0.05) is 33.4 Å². The highest BCUT2D eigenvalue weighted by Crippen LogP contribution is 2.66. The van der Waals surface area contributed by atoms with Gasteiger partial charge in [-0.05, 0) is 54.6 Å². The quantitative estimate of drug-likeness (QED) is 0.706. The Hall–Kier alpha value is -1.71. The number of fused-ring (bicyclic) bond motifs is 5. The van der Waals surface area contributed by atoms with E-state index in [4.69, 9.17) is 4.74 Å². The fourth-order valence-electron chi connectivity index (χ4n) is 6.58. The minimum Gasteiger partial charge on any atom is -0.492 e. The van der Waals surface area contributed by atoms with Gasteiger partial charge in [0.25, 0.3) is 0 Å². The van der Waals surface area contributed by atoms with Gasteiger partial charge in [-0.3, -0.25) is 9.59 Å². The van der Waals surface area contributed by atoms with Crippen LogP contribution in [0.4, 0.5) is 4.39 Å². The highest BCUT2D eigenvalue weighted by Gasteiger charge is 2.64. The van der Waals surface area contributed by atoms with Crippen LogP contribution in [-0.2, 0) is 14.3 Å². The molecular formula is C22H27FO3. The zero-order valence-corrected chi connectivity index (χ0v) is 16.0. The van der Waals surface area contributed by atoms with E-state index in [1.165, 1.54) is 7.11 Å². The van der Waals surface area contributed by atoms with Crippen LogP contribution in [0.2, 0.25) is 0 Å². The van der Waals surface area contributed by atoms with Crippen molar-refractivity contribution in [2.45, 2.75) is 46.2 Å². The van der Waals surface area contributed by atoms with E-state index in [2.05, 4.69) is 20.4 Å². The number of allylic oxidation sites excluding steroid dienone is 4. The molecule has 7 atom stereocenters. The van der Waals surface area contributed by atoms with E-state index in [0.717, 1.165) is 17.6 Å². The first kappa shape index (κ1) is 17.7. The van der Waals surface area contributed by atoms with Crippen LogP contribution in [-0.4, -0.2) is 24.8 Å². The molecule has 0 unspecified atom stereocenters. The molecule has 26 heavy (non-hydrogen) atoms. The zero-order chi connectivity index (χ0) is 19.0. The first-order valence-corrected chi connectivity index (χ1v) is 9.56. The monoisotopic (exact) mass is 358 g/mol. The second-order valence-electron chi connectivity index (χ2n) is 9.02. The second-order valence-corrected chi connectivity index (χ2v) is 9.02. The Bertz CT molecular complexity index is 778. The van der Waals surface area contributed by atoms with Gasteiger partial charge >= 0.3 is 0 Å². The molecule has 0 aromatic carbocycles. The van der Waals surface area contributed by atoms with E-state index in [0.29, 0.717) is 18.6 Å². The first-order valence-electron chi connectivity index (χ1n) is 9.56. The largest absolute Gasteiger partial charge is 0.492 e. The lowest BCUT2D eigenvalue weighted by molar-refractivity contribution is -0.135. The number of Topliss-reactive ketones (excluding diaryl/α,β-unsaturated/α-hetero) is 1. The Morgan fingerprint density at radius 1 is 1.27 bits per heavy atom. The van der Waals surface area contributed by atoms with Gasteiger partial charge < -0.3 is 4.74 Å². The van der Waals surface area contributed by atoms with Crippen LogP contribution in [0.1, 0.15) is 40.0 Å². The van der Waals surface area contributed by atoms with Crippen molar-refractivity contribution >= 4 is 11.6 Å². The van der Waals surface area contributed by atoms with Crippen molar-refractivity contribution in [2.75, 3.05) is 7.11 Å². The minimum atomic E-state index is -1.34. The number of carbonyl (C=O) groups is 2. The number of hydrogen-bond donors (Lipinski definition) is 0. The summed E-state index contributed by atoms with van der Waals surface area (Å²) in [6.07, 6.45) is 4.14. The average Bonchev–Trinajstić information content (AvgIpc) is 2.84. The van der Waals surface area contributed by atoms with Crippen LogP contribution in [0.15, 0.2) is 35.6 Å². The third-order valence-corrected chi connectivity index (χ3v) is 8.02. The molecule has 0 amide bonds. The lowest BCUT2D eigenvalue weighted by Gasteiger charge is -2.58. The molecule has 0 aromatic heterocycles. The fraction of sp³-hybridized carbons (Fsp3) is 0.636. The Balaban J connectivity index is 1.86. The minimum absolute atomic E-state index is 0.0332. The molecule has 0 heterocycles. The van der Waals surface area contributed by atoms with Crippen molar-refractivity contribution in [3.8, 4) is 0 Å². The maximum atomic E-state index is 14.4. The number of rotatable bonds is 1. The Labute approximate surface area is 154 Å². The number of ether oxygens (including phenoxy) is 1. The van der Waals surface area contributed by atoms with Gasteiger partial charge in [0.1, 0.15) is 0 Å². The normalized spacial score (nSPS) is 47.6. The summed E-state index contributed by atoms with van der Waals surface area (Å²) in [5.41, 5.74) is 0.894. The maximum Gasteiger partial charge on any atom is 0.220 e. The predicted molar refractivity (Wildman–Crippen MR) is 96.9 cm³/mol. The summed E-state index contributed by atoms with van der Waals surface area (Å²) in [7, 11) is 1.53. The summed E-state index contributed by atoms with van der Waals surface area (Å²) in [6.45, 7) is 10.5. The van der Waals surface area contributed by atoms with Gasteiger partial charge in [-0.15, -0.1) is 0 Å². The molecule has 0 saturated heterocycles. The molecular weight excluding hydrogens is 331 g/mol. The van der Waals surface area contributed by atoms with Crippen LogP contribution in [0, 0.1) is 34.5 Å². The molecule has 4 aliphatic carbocycles. The van der Waals surface area contributed by atoms with Gasteiger partial charge in [0.05, 0.1) is 7.11 Å². The Morgan fingerprint density at radius 3 is 2.62 bits per heavy atom. The van der Waals surface area contributed by atoms with E-state index < -0.39 is 11.6 Å². The fourth-order valence-corrected chi connectivity index (χ4v) is 6.58. The van der Waals surface area contributed by atoms with Crippen molar-refractivity contribution in [3.05, 3.63) is 35.6 Å². The van der Waals surface area contributed by atoms with E-state index in [1.807, 2.05) is 13.0 Å². The number of hydrogen-bond acceptors (Lipinski definition) is 3. The van der Waals surface area contributed by atoms with Crippen LogP contribution in [0.3, 0.4) is 0 Å². The van der Waals surface area contributed by atoms with Gasteiger partial charge in [0.2, 0.25) is 5.78 Å². The van der Waals surface area contributed by atoms with Gasteiger partial charge in [-0.25, -0.2) is 4.39 Å². The number of methoxy groups -OCH3 is 1. The molecule has 0 aliphatic heterocycles. The van der Waals surface area contributed by atoms with Crippen molar-refractivity contribution < 1.29 is 18.7 Å². The van der Waals surface area contributed by atoms with Crippen molar-refractivity contribution in [3.63, 3.8) is 0 Å². The number of halogens is 1. The zero-order valence-electron chi connectivity index (χ0n) is 16.0. The van der Waals surface area contributed by atoms with Crippen LogP contribution in [0.5, 0.6) is 0 Å². The number of carbonyl (C=O) groups excluding carboxylic acids is 2. The summed E-state index contributed by atoms with van der Waals surface area (Å²) < 4.78 is 19.9. The molecule has 4 aliphatic rings. The molecule has 0 aromatic rings. The Morgan fingerprint density at radius 2 is 1.96 bits per heavy atom. The summed E-state index contributed by atoms with van der Waals surface area (Å²) in [6, 6.07) is 0. The van der Waals surface area contributed by atoms with Crippen LogP contribution >= 0.6 is 0 Å². The first-order chi connectivity index (χ1) is 12.2. The van der Waals surface area contributed by atoms with Gasteiger partial charge in [0.15, 0.2) is 17.7 Å². The van der Waals surface area contributed by atoms with E-state index >= 15 is 0 Å². The summed E-state index contributed by atoms with van der Waals surface area (Å²) in [5.74, 6) is 0.634. The summed E-state index contributed by atoms with van der Waals surface area (Å²) >= 11 is 0. The van der Waals surface area contributed by atoms with Crippen LogP contribution < -0.4 is 0 Å². The standard InChI is InChI=1S/C22H27FO3/c1-11-12(2)18-19(26-5)16(24)7-9-21(18,3)13-6-8-22(4)14(17(11)13)10-15(23)20(22)25/h7,9,11,13-15,17H,2,6,8,10H2,1,3-5H3/t11-,13+,14+,15-,17-,21-,22+/m1/s1. The summed E-state index contributed by atoms with van der Waals surface area (Å²) in [4.78, 5) is 24.9. The molecule has 3 saturated carbocycles. The summed E-state index contributed by atoms with van der Waals surface area (Å²) in [5, 5.41) is 0. The second kappa shape index (κ2) is 5.40. The lowest BCUT2D eigenvalue weighted by atomic mass is 9.45. The third-order valence-electron chi connectivity index (χ3n) is 8.02. The average molecular weight is 358 g/mol. The molecule has 0 radical (unpaired) electrons. The number of alkyl halides is 1. The van der Waals surface area contributed by atoms with Crippen LogP contribution in [0.25, 0.3) is 0 Å². The highest BCUT2D eigenvalue weighted by atomic mass is 19.1. The molecule has 4 rings (SSSR count). The van der Waals surface area contributed by atoms with Gasteiger partial charge in [0, 0.05) is 16.4 Å². The molecule has 140 valence electrons.